The van der Waals surface area contributed by atoms with Crippen LogP contribution < -0.4 is 10.6 Å². The Morgan fingerprint density at radius 3 is 3.00 bits per heavy atom. The summed E-state index contributed by atoms with van der Waals surface area (Å²) in [5.74, 6) is -0.0221. The highest BCUT2D eigenvalue weighted by Crippen LogP contribution is 2.03. The fraction of sp³-hybridized carbons (Fsp3) is 0.455. The van der Waals surface area contributed by atoms with E-state index in [9.17, 15) is 4.79 Å². The highest BCUT2D eigenvalue weighted by molar-refractivity contribution is 5.93. The number of hydrogen-bond acceptors (Lipinski definition) is 3. The number of carbonyl (C=O) groups is 1. The van der Waals surface area contributed by atoms with Gasteiger partial charge in [-0.3, -0.25) is 9.78 Å². The molecule has 1 aromatic rings. The second-order valence-electron chi connectivity index (χ2n) is 3.74. The fourth-order valence-corrected chi connectivity index (χ4v) is 1.75. The van der Waals surface area contributed by atoms with Gasteiger partial charge in [0.2, 0.25) is 0 Å². The van der Waals surface area contributed by atoms with E-state index in [1.54, 1.807) is 24.5 Å². The Kier molecular flexibility index (Phi) is 3.29. The summed E-state index contributed by atoms with van der Waals surface area (Å²) in [6, 6.07) is 3.88. The van der Waals surface area contributed by atoms with Crippen molar-refractivity contribution in [3.63, 3.8) is 0 Å². The highest BCUT2D eigenvalue weighted by Gasteiger charge is 2.14. The number of aromatic nitrogens is 1. The van der Waals surface area contributed by atoms with Crippen molar-refractivity contribution in [1.82, 2.24) is 15.6 Å². The number of amides is 1. The molecule has 4 heteroatoms. The normalized spacial score (nSPS) is 20.1. The first-order valence-corrected chi connectivity index (χ1v) is 5.28. The summed E-state index contributed by atoms with van der Waals surface area (Å²) < 4.78 is 0. The van der Waals surface area contributed by atoms with Gasteiger partial charge in [0.25, 0.3) is 5.91 Å². The van der Waals surface area contributed by atoms with Crippen molar-refractivity contribution in [3.05, 3.63) is 30.1 Å². The van der Waals surface area contributed by atoms with E-state index in [0.717, 1.165) is 13.0 Å². The summed E-state index contributed by atoms with van der Waals surface area (Å²) in [4.78, 5) is 15.5. The molecule has 1 unspecified atom stereocenters. The Bertz CT molecular complexity index is 320. The average Bonchev–Trinajstić information content (AvgIpc) is 2.80. The average molecular weight is 205 g/mol. The molecule has 0 bridgehead atoms. The van der Waals surface area contributed by atoms with Crippen LogP contribution >= 0.6 is 0 Å². The molecule has 1 aromatic heterocycles. The Morgan fingerprint density at radius 1 is 1.53 bits per heavy atom. The summed E-state index contributed by atoms with van der Waals surface area (Å²) >= 11 is 0. The number of carbonyl (C=O) groups excluding carboxylic acids is 1. The van der Waals surface area contributed by atoms with E-state index in [2.05, 4.69) is 15.6 Å². The van der Waals surface area contributed by atoms with Gasteiger partial charge in [-0.25, -0.2) is 0 Å². The summed E-state index contributed by atoms with van der Waals surface area (Å²) in [6.45, 7) is 1.77. The summed E-state index contributed by atoms with van der Waals surface area (Å²) in [5.41, 5.74) is 0.669. The Labute approximate surface area is 89.1 Å². The fourth-order valence-electron chi connectivity index (χ4n) is 1.75. The predicted molar refractivity (Wildman–Crippen MR) is 57.6 cm³/mol. The molecule has 1 atom stereocenters. The first-order valence-electron chi connectivity index (χ1n) is 5.28. The van der Waals surface area contributed by atoms with Crippen molar-refractivity contribution in [3.8, 4) is 0 Å². The molecule has 2 N–H and O–H groups in total. The van der Waals surface area contributed by atoms with Crippen LogP contribution in [0.4, 0.5) is 0 Å². The van der Waals surface area contributed by atoms with Gasteiger partial charge in [0.05, 0.1) is 0 Å². The molecule has 80 valence electrons. The second kappa shape index (κ2) is 4.89. The molecule has 1 aliphatic heterocycles. The van der Waals surface area contributed by atoms with Gasteiger partial charge in [-0.1, -0.05) is 0 Å². The van der Waals surface area contributed by atoms with Crippen LogP contribution in [-0.2, 0) is 0 Å². The van der Waals surface area contributed by atoms with Gasteiger partial charge in [0.15, 0.2) is 0 Å². The van der Waals surface area contributed by atoms with E-state index in [1.165, 1.54) is 6.42 Å². The maximum Gasteiger partial charge on any atom is 0.251 e. The van der Waals surface area contributed by atoms with E-state index in [4.69, 9.17) is 0 Å². The van der Waals surface area contributed by atoms with Gasteiger partial charge >= 0.3 is 0 Å². The SMILES string of the molecule is O=C(NCC1CCCN1)c1ccncc1. The Morgan fingerprint density at radius 2 is 2.33 bits per heavy atom. The van der Waals surface area contributed by atoms with Crippen LogP contribution in [0.2, 0.25) is 0 Å². The topological polar surface area (TPSA) is 54.0 Å². The highest BCUT2D eigenvalue weighted by atomic mass is 16.1. The molecule has 15 heavy (non-hydrogen) atoms. The Hall–Kier alpha value is -1.42. The first-order chi connectivity index (χ1) is 7.36. The van der Waals surface area contributed by atoms with Crippen LogP contribution in [0, 0.1) is 0 Å². The third kappa shape index (κ3) is 2.76. The number of rotatable bonds is 3. The van der Waals surface area contributed by atoms with Crippen molar-refractivity contribution in [2.45, 2.75) is 18.9 Å². The van der Waals surface area contributed by atoms with Gasteiger partial charge in [-0.15, -0.1) is 0 Å². The lowest BCUT2D eigenvalue weighted by Gasteiger charge is -2.11. The molecule has 0 spiro atoms. The maximum atomic E-state index is 11.6. The van der Waals surface area contributed by atoms with E-state index in [1.807, 2.05) is 0 Å². The van der Waals surface area contributed by atoms with E-state index in [0.29, 0.717) is 18.2 Å². The molecule has 0 aliphatic carbocycles. The molecular formula is C11H15N3O. The standard InChI is InChI=1S/C11H15N3O/c15-11(9-3-6-12-7-4-9)14-8-10-2-1-5-13-10/h3-4,6-7,10,13H,1-2,5,8H2,(H,14,15). The van der Waals surface area contributed by atoms with Crippen LogP contribution in [-0.4, -0.2) is 30.0 Å². The van der Waals surface area contributed by atoms with Gasteiger partial charge < -0.3 is 10.6 Å². The predicted octanol–water partition coefficient (Wildman–Crippen LogP) is 0.563. The number of nitrogens with zero attached hydrogens (tertiary/aromatic N) is 1. The minimum atomic E-state index is -0.0221. The minimum absolute atomic E-state index is 0.0221. The van der Waals surface area contributed by atoms with Gasteiger partial charge in [0, 0.05) is 30.5 Å². The van der Waals surface area contributed by atoms with Crippen LogP contribution in [0.25, 0.3) is 0 Å². The lowest BCUT2D eigenvalue weighted by Crippen LogP contribution is -2.37. The van der Waals surface area contributed by atoms with Crippen LogP contribution in [0.1, 0.15) is 23.2 Å². The third-order valence-corrected chi connectivity index (χ3v) is 2.61. The van der Waals surface area contributed by atoms with Crippen LogP contribution in [0.15, 0.2) is 24.5 Å². The first kappa shape index (κ1) is 10.1. The zero-order chi connectivity index (χ0) is 10.5. The van der Waals surface area contributed by atoms with Crippen molar-refractivity contribution in [2.75, 3.05) is 13.1 Å². The monoisotopic (exact) mass is 205 g/mol. The number of nitrogens with one attached hydrogen (secondary N) is 2. The van der Waals surface area contributed by atoms with Crippen molar-refractivity contribution >= 4 is 5.91 Å². The molecule has 4 nitrogen and oxygen atoms in total. The van der Waals surface area contributed by atoms with Crippen molar-refractivity contribution in [1.29, 1.82) is 0 Å². The molecule has 1 amide bonds. The van der Waals surface area contributed by atoms with Crippen molar-refractivity contribution in [2.24, 2.45) is 0 Å². The zero-order valence-electron chi connectivity index (χ0n) is 8.57. The van der Waals surface area contributed by atoms with E-state index < -0.39 is 0 Å². The smallest absolute Gasteiger partial charge is 0.251 e. The summed E-state index contributed by atoms with van der Waals surface area (Å²) in [5, 5.41) is 6.25. The van der Waals surface area contributed by atoms with Gasteiger partial charge in [-0.05, 0) is 31.5 Å². The van der Waals surface area contributed by atoms with Crippen molar-refractivity contribution < 1.29 is 4.79 Å². The second-order valence-corrected chi connectivity index (χ2v) is 3.74. The van der Waals surface area contributed by atoms with E-state index in [-0.39, 0.29) is 5.91 Å². The zero-order valence-corrected chi connectivity index (χ0v) is 8.57. The van der Waals surface area contributed by atoms with Crippen LogP contribution in [0.5, 0.6) is 0 Å². The number of pyridine rings is 1. The molecular weight excluding hydrogens is 190 g/mol. The molecule has 1 fully saturated rings. The lowest BCUT2D eigenvalue weighted by atomic mass is 10.2. The minimum Gasteiger partial charge on any atom is -0.350 e. The Balaban J connectivity index is 1.82. The van der Waals surface area contributed by atoms with Crippen LogP contribution in [0.3, 0.4) is 0 Å². The quantitative estimate of drug-likeness (QED) is 0.758. The van der Waals surface area contributed by atoms with E-state index >= 15 is 0 Å². The molecule has 0 radical (unpaired) electrons. The molecule has 0 saturated carbocycles. The summed E-state index contributed by atoms with van der Waals surface area (Å²) in [6.07, 6.45) is 5.61. The van der Waals surface area contributed by atoms with Gasteiger partial charge in [-0.2, -0.15) is 0 Å². The third-order valence-electron chi connectivity index (χ3n) is 2.61. The maximum absolute atomic E-state index is 11.6. The summed E-state index contributed by atoms with van der Waals surface area (Å²) in [7, 11) is 0. The molecule has 1 saturated heterocycles. The van der Waals surface area contributed by atoms with Gasteiger partial charge in [0.1, 0.15) is 0 Å². The largest absolute Gasteiger partial charge is 0.350 e. The molecule has 0 aromatic carbocycles. The number of hydrogen-bond donors (Lipinski definition) is 2. The molecule has 2 rings (SSSR count). The molecule has 2 heterocycles. The lowest BCUT2D eigenvalue weighted by molar-refractivity contribution is 0.0950. The molecule has 1 aliphatic rings.